The largest absolute Gasteiger partial charge is 0.487 e. The lowest BCUT2D eigenvalue weighted by molar-refractivity contribution is 0.0815. The van der Waals surface area contributed by atoms with Gasteiger partial charge in [-0.3, -0.25) is 4.79 Å². The molecule has 0 spiro atoms. The minimum atomic E-state index is -0.673. The van der Waals surface area contributed by atoms with Gasteiger partial charge in [0.2, 0.25) is 0 Å². The van der Waals surface area contributed by atoms with Gasteiger partial charge in [-0.15, -0.1) is 0 Å². The van der Waals surface area contributed by atoms with E-state index >= 15 is 0 Å². The van der Waals surface area contributed by atoms with Crippen LogP contribution in [-0.4, -0.2) is 36.0 Å². The number of hydrogen-bond acceptors (Lipinski definition) is 3. The van der Waals surface area contributed by atoms with Gasteiger partial charge in [0.15, 0.2) is 17.3 Å². The van der Waals surface area contributed by atoms with E-state index in [1.54, 1.807) is 14.1 Å². The van der Waals surface area contributed by atoms with Gasteiger partial charge < -0.3 is 9.64 Å². The second-order valence-electron chi connectivity index (χ2n) is 3.99. The highest BCUT2D eigenvalue weighted by molar-refractivity contribution is 5.92. The predicted octanol–water partition coefficient (Wildman–Crippen LogP) is 1.46. The molecule has 1 saturated carbocycles. The molecule has 0 atom stereocenters. The molecule has 0 bridgehead atoms. The molecule has 16 heavy (non-hydrogen) atoms. The Morgan fingerprint density at radius 2 is 2.25 bits per heavy atom. The zero-order valence-electron chi connectivity index (χ0n) is 9.24. The third-order valence-corrected chi connectivity index (χ3v) is 2.28. The molecular weight excluding hydrogens is 211 g/mol. The molecule has 0 aromatic carbocycles. The molecule has 2 rings (SSSR count). The van der Waals surface area contributed by atoms with Crippen molar-refractivity contribution in [2.24, 2.45) is 0 Å². The summed E-state index contributed by atoms with van der Waals surface area (Å²) in [4.78, 5) is 16.6. The SMILES string of the molecule is CN(C)C(=O)c1nccc(OC2CC2)c1F. The number of pyridine rings is 1. The molecule has 0 saturated heterocycles. The zero-order valence-corrected chi connectivity index (χ0v) is 9.24. The third-order valence-electron chi connectivity index (χ3n) is 2.28. The van der Waals surface area contributed by atoms with Crippen molar-refractivity contribution >= 4 is 5.91 Å². The van der Waals surface area contributed by atoms with Crippen molar-refractivity contribution in [1.82, 2.24) is 9.88 Å². The summed E-state index contributed by atoms with van der Waals surface area (Å²) in [6.45, 7) is 0. The van der Waals surface area contributed by atoms with Gasteiger partial charge in [0.25, 0.3) is 5.91 Å². The van der Waals surface area contributed by atoms with Gasteiger partial charge in [0.1, 0.15) is 0 Å². The number of carbonyl (C=O) groups is 1. The van der Waals surface area contributed by atoms with Gasteiger partial charge in [-0.2, -0.15) is 0 Å². The first-order chi connectivity index (χ1) is 7.59. The van der Waals surface area contributed by atoms with E-state index in [0.29, 0.717) is 0 Å². The van der Waals surface area contributed by atoms with Crippen LogP contribution in [0.5, 0.6) is 5.75 Å². The maximum Gasteiger partial charge on any atom is 0.275 e. The van der Waals surface area contributed by atoms with Crippen LogP contribution in [0, 0.1) is 5.82 Å². The third kappa shape index (κ3) is 2.13. The van der Waals surface area contributed by atoms with Crippen LogP contribution in [0.4, 0.5) is 4.39 Å². The van der Waals surface area contributed by atoms with Crippen LogP contribution in [0.3, 0.4) is 0 Å². The summed E-state index contributed by atoms with van der Waals surface area (Å²) >= 11 is 0. The van der Waals surface area contributed by atoms with Crippen LogP contribution in [0.1, 0.15) is 23.3 Å². The second-order valence-corrected chi connectivity index (χ2v) is 3.99. The molecule has 1 amide bonds. The van der Waals surface area contributed by atoms with E-state index in [1.807, 2.05) is 0 Å². The molecule has 1 aliphatic rings. The van der Waals surface area contributed by atoms with Crippen molar-refractivity contribution in [2.75, 3.05) is 14.1 Å². The smallest absolute Gasteiger partial charge is 0.275 e. The Morgan fingerprint density at radius 3 is 2.81 bits per heavy atom. The van der Waals surface area contributed by atoms with Crippen molar-refractivity contribution in [3.05, 3.63) is 23.8 Å². The average molecular weight is 224 g/mol. The van der Waals surface area contributed by atoms with Crippen LogP contribution in [0.2, 0.25) is 0 Å². The topological polar surface area (TPSA) is 42.4 Å². The van der Waals surface area contributed by atoms with Crippen molar-refractivity contribution in [3.63, 3.8) is 0 Å². The highest BCUT2D eigenvalue weighted by atomic mass is 19.1. The first kappa shape index (κ1) is 10.9. The van der Waals surface area contributed by atoms with Crippen LogP contribution >= 0.6 is 0 Å². The van der Waals surface area contributed by atoms with Crippen LogP contribution in [0.15, 0.2) is 12.3 Å². The summed E-state index contributed by atoms with van der Waals surface area (Å²) in [5.41, 5.74) is -0.192. The van der Waals surface area contributed by atoms with Gasteiger partial charge >= 0.3 is 0 Å². The summed E-state index contributed by atoms with van der Waals surface area (Å²) in [6.07, 6.45) is 3.37. The first-order valence-electron chi connectivity index (χ1n) is 5.12. The number of carbonyl (C=O) groups excluding carboxylic acids is 1. The molecule has 1 aliphatic carbocycles. The molecule has 4 nitrogen and oxygen atoms in total. The summed E-state index contributed by atoms with van der Waals surface area (Å²) in [5.74, 6) is -1.02. The molecular formula is C11H13FN2O2. The Labute approximate surface area is 93.0 Å². The van der Waals surface area contributed by atoms with Crippen LogP contribution in [0.25, 0.3) is 0 Å². The highest BCUT2D eigenvalue weighted by Crippen LogP contribution is 2.29. The summed E-state index contributed by atoms with van der Waals surface area (Å²) in [7, 11) is 3.11. The van der Waals surface area contributed by atoms with Crippen molar-refractivity contribution < 1.29 is 13.9 Å². The number of ether oxygens (including phenoxy) is 1. The normalized spacial score (nSPS) is 14.7. The Balaban J connectivity index is 2.27. The first-order valence-corrected chi connectivity index (χ1v) is 5.12. The molecule has 5 heteroatoms. The standard InChI is InChI=1S/C11H13FN2O2/c1-14(2)11(15)10-9(12)8(5-6-13-10)16-7-3-4-7/h5-7H,3-4H2,1-2H3. The van der Waals surface area contributed by atoms with E-state index in [2.05, 4.69) is 4.98 Å². The molecule has 1 aromatic heterocycles. The summed E-state index contributed by atoms with van der Waals surface area (Å²) in [6, 6.07) is 1.44. The highest BCUT2D eigenvalue weighted by Gasteiger charge is 2.27. The number of halogens is 1. The number of nitrogens with zero attached hydrogens (tertiary/aromatic N) is 2. The van der Waals surface area contributed by atoms with Gasteiger partial charge in [0, 0.05) is 26.4 Å². The number of aromatic nitrogens is 1. The lowest BCUT2D eigenvalue weighted by Crippen LogP contribution is -2.24. The monoisotopic (exact) mass is 224 g/mol. The summed E-state index contributed by atoms with van der Waals surface area (Å²) in [5, 5.41) is 0. The van der Waals surface area contributed by atoms with E-state index in [-0.39, 0.29) is 17.5 Å². The Kier molecular flexibility index (Phi) is 2.77. The molecule has 1 fully saturated rings. The van der Waals surface area contributed by atoms with Crippen molar-refractivity contribution in [3.8, 4) is 5.75 Å². The number of hydrogen-bond donors (Lipinski definition) is 0. The predicted molar refractivity (Wildman–Crippen MR) is 55.9 cm³/mol. The molecule has 0 N–H and O–H groups in total. The Hall–Kier alpha value is -1.65. The maximum atomic E-state index is 13.8. The fourth-order valence-corrected chi connectivity index (χ4v) is 1.24. The quantitative estimate of drug-likeness (QED) is 0.780. The lowest BCUT2D eigenvalue weighted by atomic mass is 10.3. The fourth-order valence-electron chi connectivity index (χ4n) is 1.24. The van der Waals surface area contributed by atoms with E-state index < -0.39 is 11.7 Å². The van der Waals surface area contributed by atoms with Crippen molar-refractivity contribution in [2.45, 2.75) is 18.9 Å². The summed E-state index contributed by atoms with van der Waals surface area (Å²) < 4.78 is 19.2. The maximum absolute atomic E-state index is 13.8. The zero-order chi connectivity index (χ0) is 11.7. The average Bonchev–Trinajstić information content (AvgIpc) is 3.04. The van der Waals surface area contributed by atoms with Gasteiger partial charge in [-0.1, -0.05) is 0 Å². The second kappa shape index (κ2) is 4.08. The number of rotatable bonds is 3. The molecule has 86 valence electrons. The molecule has 0 radical (unpaired) electrons. The molecule has 1 heterocycles. The van der Waals surface area contributed by atoms with Gasteiger partial charge in [-0.05, 0) is 12.8 Å². The minimum absolute atomic E-state index is 0.0965. The molecule has 1 aromatic rings. The van der Waals surface area contributed by atoms with E-state index in [4.69, 9.17) is 4.74 Å². The molecule has 0 aliphatic heterocycles. The van der Waals surface area contributed by atoms with E-state index in [0.717, 1.165) is 12.8 Å². The van der Waals surface area contributed by atoms with Gasteiger partial charge in [-0.25, -0.2) is 9.37 Å². The minimum Gasteiger partial charge on any atom is -0.487 e. The van der Waals surface area contributed by atoms with Crippen LogP contribution in [-0.2, 0) is 0 Å². The lowest BCUT2D eigenvalue weighted by Gasteiger charge is -2.12. The van der Waals surface area contributed by atoms with E-state index in [1.165, 1.54) is 17.2 Å². The van der Waals surface area contributed by atoms with Crippen molar-refractivity contribution in [1.29, 1.82) is 0 Å². The van der Waals surface area contributed by atoms with Crippen LogP contribution < -0.4 is 4.74 Å². The fraction of sp³-hybridized carbons (Fsp3) is 0.455. The Bertz CT molecular complexity index is 416. The Morgan fingerprint density at radius 1 is 1.56 bits per heavy atom. The number of amides is 1. The van der Waals surface area contributed by atoms with E-state index in [9.17, 15) is 9.18 Å². The molecule has 0 unspecified atom stereocenters. The van der Waals surface area contributed by atoms with Gasteiger partial charge in [0.05, 0.1) is 6.10 Å².